The second kappa shape index (κ2) is 9.38. The topological polar surface area (TPSA) is 101 Å². The number of furan rings is 1. The van der Waals surface area contributed by atoms with Crippen LogP contribution in [-0.2, 0) is 39.9 Å². The highest BCUT2D eigenvalue weighted by atomic mass is 16.6. The van der Waals surface area contributed by atoms with Crippen molar-refractivity contribution in [3.8, 4) is 0 Å². The van der Waals surface area contributed by atoms with Crippen LogP contribution in [0.5, 0.6) is 0 Å². The Balaban J connectivity index is 1.34. The van der Waals surface area contributed by atoms with Crippen molar-refractivity contribution in [3.63, 3.8) is 0 Å². The molecule has 42 heavy (non-hydrogen) atoms. The standard InChI is InChI=1S/C34H38O8/c1-18-21(20-11-12-39-17-20)13-22-27(18)33(3)23(14-26(36)38-5)32(2)24(35)15-25(40-16-19-9-7-6-8-10-19)34(4)29(32)28(30(33)41-22)42-31(34)37/h6-12,17,21-23,25,28-30H,13-16H2,1-5H3/t21-,22+,23-,25?,28-,29?,30-,32+,33-,34-/m1/s1. The fraction of sp³-hybridized carbons (Fsp3) is 0.559. The molecule has 0 bridgehead atoms. The van der Waals surface area contributed by atoms with Crippen molar-refractivity contribution >= 4 is 17.7 Å². The molecule has 5 aliphatic rings. The molecule has 1 aromatic carbocycles. The van der Waals surface area contributed by atoms with Crippen LogP contribution in [0.3, 0.4) is 0 Å². The minimum atomic E-state index is -1.08. The molecular weight excluding hydrogens is 536 g/mol. The van der Waals surface area contributed by atoms with Crippen molar-refractivity contribution in [2.75, 3.05) is 7.11 Å². The van der Waals surface area contributed by atoms with Crippen LogP contribution < -0.4 is 0 Å². The molecule has 222 valence electrons. The molecule has 4 fully saturated rings. The van der Waals surface area contributed by atoms with Crippen molar-refractivity contribution in [1.29, 1.82) is 0 Å². The molecular formula is C34H38O8. The normalized spacial score (nSPS) is 41.8. The van der Waals surface area contributed by atoms with Crippen LogP contribution in [-0.4, -0.2) is 49.2 Å². The van der Waals surface area contributed by atoms with Crippen molar-refractivity contribution in [1.82, 2.24) is 0 Å². The molecule has 8 heteroatoms. The van der Waals surface area contributed by atoms with E-state index in [1.54, 1.807) is 12.5 Å². The molecule has 1 aromatic heterocycles. The van der Waals surface area contributed by atoms with E-state index in [0.717, 1.165) is 23.1 Å². The Bertz CT molecular complexity index is 1460. The van der Waals surface area contributed by atoms with Gasteiger partial charge in [0.15, 0.2) is 0 Å². The van der Waals surface area contributed by atoms with Gasteiger partial charge in [-0.2, -0.15) is 0 Å². The zero-order valence-corrected chi connectivity index (χ0v) is 24.8. The quantitative estimate of drug-likeness (QED) is 0.344. The van der Waals surface area contributed by atoms with Crippen molar-refractivity contribution in [3.05, 3.63) is 71.2 Å². The zero-order valence-electron chi connectivity index (χ0n) is 24.8. The van der Waals surface area contributed by atoms with Crippen molar-refractivity contribution in [2.24, 2.45) is 28.1 Å². The lowest BCUT2D eigenvalue weighted by Crippen LogP contribution is -2.69. The molecule has 2 saturated carbocycles. The van der Waals surface area contributed by atoms with E-state index in [0.29, 0.717) is 0 Å². The molecule has 2 unspecified atom stereocenters. The van der Waals surface area contributed by atoms with E-state index in [1.807, 2.05) is 50.2 Å². The van der Waals surface area contributed by atoms with E-state index in [-0.39, 0.29) is 49.2 Å². The maximum Gasteiger partial charge on any atom is 0.315 e. The summed E-state index contributed by atoms with van der Waals surface area (Å²) in [5.41, 5.74) is 1.48. The van der Waals surface area contributed by atoms with Gasteiger partial charge in [0.2, 0.25) is 0 Å². The summed E-state index contributed by atoms with van der Waals surface area (Å²) in [5.74, 6) is -1.62. The molecule has 2 saturated heterocycles. The van der Waals surface area contributed by atoms with Crippen LogP contribution in [0.25, 0.3) is 0 Å². The average molecular weight is 575 g/mol. The molecule has 2 aromatic rings. The van der Waals surface area contributed by atoms with Gasteiger partial charge < -0.3 is 23.4 Å². The van der Waals surface area contributed by atoms with Gasteiger partial charge in [0, 0.05) is 29.1 Å². The van der Waals surface area contributed by atoms with Gasteiger partial charge in [-0.05, 0) is 49.0 Å². The number of methoxy groups -OCH3 is 1. The summed E-state index contributed by atoms with van der Waals surface area (Å²) in [7, 11) is 1.38. The first kappa shape index (κ1) is 27.6. The first-order valence-corrected chi connectivity index (χ1v) is 14.9. The molecule has 2 aliphatic heterocycles. The molecule has 3 heterocycles. The molecule has 0 amide bonds. The lowest BCUT2D eigenvalue weighted by atomic mass is 9.40. The molecule has 0 spiro atoms. The number of ether oxygens (including phenoxy) is 4. The summed E-state index contributed by atoms with van der Waals surface area (Å²) in [6.45, 7) is 8.34. The van der Waals surface area contributed by atoms with Crippen molar-refractivity contribution in [2.45, 2.75) is 83.9 Å². The van der Waals surface area contributed by atoms with E-state index < -0.39 is 46.4 Å². The molecule has 8 nitrogen and oxygen atoms in total. The third-order valence-corrected chi connectivity index (χ3v) is 11.7. The predicted octanol–water partition coefficient (Wildman–Crippen LogP) is 5.16. The number of hydrogen-bond acceptors (Lipinski definition) is 8. The van der Waals surface area contributed by atoms with Gasteiger partial charge >= 0.3 is 11.9 Å². The number of carbonyl (C=O) groups excluding carboxylic acids is 3. The smallest absolute Gasteiger partial charge is 0.315 e. The summed E-state index contributed by atoms with van der Waals surface area (Å²) in [6, 6.07) is 11.7. The SMILES string of the molecule is COC(=O)C[C@H]1[C@]2(C)C3=C(C)[C@H](c4ccoc4)C[C@@H]3O[C@@H]2[C@@H]2OC(=O)[C@]3(C)C(OCc4ccccc4)CC(=O)[C@@]1(C)C23. The number of esters is 2. The summed E-state index contributed by atoms with van der Waals surface area (Å²) in [5, 5.41) is 0. The Kier molecular flexibility index (Phi) is 6.17. The first-order valence-electron chi connectivity index (χ1n) is 14.9. The van der Waals surface area contributed by atoms with Gasteiger partial charge in [-0.25, -0.2) is 0 Å². The van der Waals surface area contributed by atoms with Gasteiger partial charge in [0.1, 0.15) is 18.0 Å². The van der Waals surface area contributed by atoms with E-state index in [4.69, 9.17) is 23.4 Å². The van der Waals surface area contributed by atoms with Crippen LogP contribution in [0.2, 0.25) is 0 Å². The number of ketones is 1. The van der Waals surface area contributed by atoms with Gasteiger partial charge in [0.05, 0.1) is 50.3 Å². The number of benzene rings is 1. The second-order valence-corrected chi connectivity index (χ2v) is 13.4. The lowest BCUT2D eigenvalue weighted by molar-refractivity contribution is -0.210. The Morgan fingerprint density at radius 3 is 2.50 bits per heavy atom. The van der Waals surface area contributed by atoms with Gasteiger partial charge in [-0.15, -0.1) is 0 Å². The summed E-state index contributed by atoms with van der Waals surface area (Å²) >= 11 is 0. The Hall–Kier alpha value is -3.23. The summed E-state index contributed by atoms with van der Waals surface area (Å²) < 4.78 is 30.2. The largest absolute Gasteiger partial charge is 0.472 e. The highest BCUT2D eigenvalue weighted by molar-refractivity contribution is 5.93. The molecule has 3 aliphatic carbocycles. The molecule has 0 N–H and O–H groups in total. The molecule has 7 rings (SSSR count). The van der Waals surface area contributed by atoms with Crippen LogP contribution in [0, 0.1) is 28.1 Å². The van der Waals surface area contributed by atoms with Crippen molar-refractivity contribution < 1.29 is 37.7 Å². The average Bonchev–Trinajstić information content (AvgIpc) is 3.74. The Morgan fingerprint density at radius 2 is 1.81 bits per heavy atom. The second-order valence-electron chi connectivity index (χ2n) is 13.4. The van der Waals surface area contributed by atoms with Crippen LogP contribution in [0.1, 0.15) is 64.0 Å². The van der Waals surface area contributed by atoms with E-state index in [2.05, 4.69) is 13.8 Å². The van der Waals surface area contributed by atoms with E-state index in [1.165, 1.54) is 12.7 Å². The minimum absolute atomic E-state index is 0.00833. The van der Waals surface area contributed by atoms with Gasteiger partial charge in [-0.3, -0.25) is 14.4 Å². The third-order valence-electron chi connectivity index (χ3n) is 11.7. The fourth-order valence-corrected chi connectivity index (χ4v) is 9.79. The predicted molar refractivity (Wildman–Crippen MR) is 150 cm³/mol. The number of allylic oxidation sites excluding steroid dienone is 1. The Morgan fingerprint density at radius 1 is 1.05 bits per heavy atom. The number of fused-ring (bicyclic) bond motifs is 4. The third kappa shape index (κ3) is 3.45. The van der Waals surface area contributed by atoms with E-state index in [9.17, 15) is 14.4 Å². The van der Waals surface area contributed by atoms with Crippen LogP contribution in [0.15, 0.2) is 64.5 Å². The Labute approximate surface area is 245 Å². The highest BCUT2D eigenvalue weighted by Gasteiger charge is 2.80. The maximum atomic E-state index is 14.5. The number of carbonyl (C=O) groups is 3. The lowest BCUT2D eigenvalue weighted by Gasteiger charge is -2.61. The highest BCUT2D eigenvalue weighted by Crippen LogP contribution is 2.73. The maximum absolute atomic E-state index is 14.5. The summed E-state index contributed by atoms with van der Waals surface area (Å²) in [6.07, 6.45) is 2.26. The number of rotatable bonds is 6. The van der Waals surface area contributed by atoms with Gasteiger partial charge in [-0.1, -0.05) is 49.8 Å². The fourth-order valence-electron chi connectivity index (χ4n) is 9.79. The van der Waals surface area contributed by atoms with Gasteiger partial charge in [0.25, 0.3) is 0 Å². The summed E-state index contributed by atoms with van der Waals surface area (Å²) in [4.78, 5) is 41.5. The van der Waals surface area contributed by atoms with Crippen LogP contribution >= 0.6 is 0 Å². The molecule has 0 radical (unpaired) electrons. The molecule has 10 atom stereocenters. The minimum Gasteiger partial charge on any atom is -0.472 e. The van der Waals surface area contributed by atoms with E-state index >= 15 is 0 Å². The number of hydrogen-bond donors (Lipinski definition) is 0. The monoisotopic (exact) mass is 574 g/mol. The zero-order chi connectivity index (χ0) is 29.6. The first-order chi connectivity index (χ1) is 20.1. The van der Waals surface area contributed by atoms with Crippen LogP contribution in [0.4, 0.5) is 0 Å². The number of Topliss-reactive ketones (excluding diaryl/α,β-unsaturated/α-hetero) is 1.